The molecule has 3 aromatic carbocycles. The van der Waals surface area contributed by atoms with Crippen molar-refractivity contribution >= 4 is 22.5 Å². The minimum atomic E-state index is -4.76. The van der Waals surface area contributed by atoms with Crippen LogP contribution in [0.2, 0.25) is 5.02 Å². The number of alkyl halides is 3. The second kappa shape index (κ2) is 14.1. The van der Waals surface area contributed by atoms with Crippen molar-refractivity contribution in [3.05, 3.63) is 88.6 Å². The first-order valence-corrected chi connectivity index (χ1v) is 15.9. The van der Waals surface area contributed by atoms with E-state index in [1.165, 1.54) is 17.7 Å². The Hall–Kier alpha value is -3.08. The Labute approximate surface area is 268 Å². The maximum atomic E-state index is 12.9. The van der Waals surface area contributed by atoms with Gasteiger partial charge in [-0.1, -0.05) is 41.9 Å². The second-order valence-corrected chi connectivity index (χ2v) is 12.9. The van der Waals surface area contributed by atoms with Crippen molar-refractivity contribution in [2.45, 2.75) is 64.8 Å². The molecule has 45 heavy (non-hydrogen) atoms. The molecule has 242 valence electrons. The van der Waals surface area contributed by atoms with E-state index in [1.807, 2.05) is 25.2 Å². The van der Waals surface area contributed by atoms with E-state index in [1.54, 1.807) is 6.07 Å². The lowest BCUT2D eigenvalue weighted by molar-refractivity contribution is -0.274. The van der Waals surface area contributed by atoms with Crippen LogP contribution in [0.3, 0.4) is 0 Å². The number of nitrogens with one attached hydrogen (secondary N) is 1. The summed E-state index contributed by atoms with van der Waals surface area (Å²) in [5.41, 5.74) is 11.9. The number of halogens is 4. The first kappa shape index (κ1) is 33.3. The number of nitrogens with two attached hydrogens (primary N) is 1. The SMILES string of the molecule is CNC(C)(C)CCCn1cc(-c2ccc(OC(F)(F)F)cc2CN)c2cc(CN3CCN(Cc4ccccc4Cl)CC3)ccc21. The fraction of sp³-hybridized carbons (Fsp3) is 0.429. The maximum Gasteiger partial charge on any atom is 0.573 e. The Bertz CT molecular complexity index is 1590. The highest BCUT2D eigenvalue weighted by Crippen LogP contribution is 2.36. The molecule has 5 rings (SSSR count). The summed E-state index contributed by atoms with van der Waals surface area (Å²) in [6, 6.07) is 19.1. The maximum absolute atomic E-state index is 12.9. The molecule has 2 heterocycles. The van der Waals surface area contributed by atoms with Gasteiger partial charge in [-0.05, 0) is 86.3 Å². The van der Waals surface area contributed by atoms with E-state index in [-0.39, 0.29) is 17.8 Å². The normalized spacial score (nSPS) is 15.2. The van der Waals surface area contributed by atoms with Gasteiger partial charge in [-0.3, -0.25) is 9.80 Å². The Morgan fingerprint density at radius 3 is 2.27 bits per heavy atom. The van der Waals surface area contributed by atoms with Crippen LogP contribution in [0.1, 0.15) is 43.4 Å². The van der Waals surface area contributed by atoms with Crippen LogP contribution in [-0.2, 0) is 26.2 Å². The average molecular weight is 642 g/mol. The number of fused-ring (bicyclic) bond motifs is 1. The molecule has 0 amide bonds. The monoisotopic (exact) mass is 641 g/mol. The third-order valence-corrected chi connectivity index (χ3v) is 9.24. The Kier molecular flexibility index (Phi) is 10.5. The molecule has 1 fully saturated rings. The molecule has 0 unspecified atom stereocenters. The van der Waals surface area contributed by atoms with Crippen LogP contribution in [0.4, 0.5) is 13.2 Å². The highest BCUT2D eigenvalue weighted by molar-refractivity contribution is 6.31. The zero-order chi connectivity index (χ0) is 32.2. The minimum absolute atomic E-state index is 0.0252. The number of hydrogen-bond donors (Lipinski definition) is 2. The molecule has 0 atom stereocenters. The predicted molar refractivity (Wildman–Crippen MR) is 176 cm³/mol. The van der Waals surface area contributed by atoms with Gasteiger partial charge in [0.05, 0.1) is 0 Å². The molecule has 1 aliphatic rings. The van der Waals surface area contributed by atoms with Gasteiger partial charge < -0.3 is 20.4 Å². The number of ether oxygens (including phenoxy) is 1. The Morgan fingerprint density at radius 1 is 0.889 bits per heavy atom. The fourth-order valence-electron chi connectivity index (χ4n) is 6.09. The van der Waals surface area contributed by atoms with E-state index in [0.29, 0.717) is 5.56 Å². The standard InChI is InChI=1S/C35H43ClF3N5O/c1-34(2,41-3)13-6-14-44-24-31(29-11-10-28(20-27(29)21-40)45-35(37,38)39)30-19-25(9-12-33(30)44)22-42-15-17-43(18-16-42)23-26-7-4-5-8-32(26)36/h4-5,7-12,19-20,24,41H,6,13-18,21-23,40H2,1-3H3. The van der Waals surface area contributed by atoms with Gasteiger partial charge in [0.15, 0.2) is 0 Å². The number of aryl methyl sites for hydroxylation is 1. The molecule has 1 aromatic heterocycles. The Morgan fingerprint density at radius 2 is 1.60 bits per heavy atom. The zero-order valence-electron chi connectivity index (χ0n) is 26.3. The lowest BCUT2D eigenvalue weighted by Crippen LogP contribution is -2.45. The van der Waals surface area contributed by atoms with Crippen molar-refractivity contribution in [1.29, 1.82) is 0 Å². The second-order valence-electron chi connectivity index (χ2n) is 12.5. The number of piperazine rings is 1. The summed E-state index contributed by atoms with van der Waals surface area (Å²) in [5, 5.41) is 5.24. The molecule has 0 spiro atoms. The van der Waals surface area contributed by atoms with Gasteiger partial charge in [-0.15, -0.1) is 13.2 Å². The van der Waals surface area contributed by atoms with Crippen molar-refractivity contribution in [3.8, 4) is 16.9 Å². The third kappa shape index (κ3) is 8.60. The summed E-state index contributed by atoms with van der Waals surface area (Å²) < 4.78 is 45.3. The highest BCUT2D eigenvalue weighted by Gasteiger charge is 2.31. The lowest BCUT2D eigenvalue weighted by Gasteiger charge is -2.35. The molecule has 6 nitrogen and oxygen atoms in total. The Balaban J connectivity index is 1.39. The summed E-state index contributed by atoms with van der Waals surface area (Å²) in [6.07, 6.45) is -0.678. The molecule has 0 bridgehead atoms. The van der Waals surface area contributed by atoms with Gasteiger partial charge in [0.25, 0.3) is 0 Å². The summed E-state index contributed by atoms with van der Waals surface area (Å²) in [5.74, 6) is -0.265. The predicted octanol–water partition coefficient (Wildman–Crippen LogP) is 7.42. The van der Waals surface area contributed by atoms with Gasteiger partial charge in [0.2, 0.25) is 0 Å². The van der Waals surface area contributed by atoms with Gasteiger partial charge in [0.1, 0.15) is 5.75 Å². The minimum Gasteiger partial charge on any atom is -0.406 e. The van der Waals surface area contributed by atoms with Crippen molar-refractivity contribution < 1.29 is 17.9 Å². The van der Waals surface area contributed by atoms with E-state index in [4.69, 9.17) is 17.3 Å². The van der Waals surface area contributed by atoms with Crippen molar-refractivity contribution in [1.82, 2.24) is 19.7 Å². The van der Waals surface area contributed by atoms with Crippen molar-refractivity contribution in [3.63, 3.8) is 0 Å². The molecular formula is C35H43ClF3N5O. The van der Waals surface area contributed by atoms with Crippen LogP contribution in [0.25, 0.3) is 22.0 Å². The van der Waals surface area contributed by atoms with E-state index in [0.717, 1.165) is 91.3 Å². The number of aromatic nitrogens is 1. The summed E-state index contributed by atoms with van der Waals surface area (Å²) in [7, 11) is 1.98. The smallest absolute Gasteiger partial charge is 0.406 e. The van der Waals surface area contributed by atoms with Gasteiger partial charge >= 0.3 is 6.36 Å². The van der Waals surface area contributed by atoms with E-state index < -0.39 is 6.36 Å². The van der Waals surface area contributed by atoms with Crippen LogP contribution in [0, 0.1) is 0 Å². The van der Waals surface area contributed by atoms with E-state index in [2.05, 4.69) is 68.7 Å². The van der Waals surface area contributed by atoms with Crippen LogP contribution in [0.5, 0.6) is 5.75 Å². The molecule has 4 aromatic rings. The molecule has 0 aliphatic carbocycles. The molecule has 1 saturated heterocycles. The number of nitrogens with zero attached hydrogens (tertiary/aromatic N) is 3. The van der Waals surface area contributed by atoms with Gasteiger partial charge in [0, 0.05) is 85.6 Å². The lowest BCUT2D eigenvalue weighted by atomic mass is 9.98. The van der Waals surface area contributed by atoms with E-state index in [9.17, 15) is 13.2 Å². The first-order valence-electron chi connectivity index (χ1n) is 15.5. The number of benzene rings is 3. The van der Waals surface area contributed by atoms with Gasteiger partial charge in [-0.25, -0.2) is 0 Å². The van der Waals surface area contributed by atoms with Crippen LogP contribution < -0.4 is 15.8 Å². The van der Waals surface area contributed by atoms with Gasteiger partial charge in [-0.2, -0.15) is 0 Å². The number of hydrogen-bond acceptors (Lipinski definition) is 5. The average Bonchev–Trinajstić information content (AvgIpc) is 3.35. The topological polar surface area (TPSA) is 58.7 Å². The molecule has 0 saturated carbocycles. The molecule has 3 N–H and O–H groups in total. The van der Waals surface area contributed by atoms with Crippen molar-refractivity contribution in [2.24, 2.45) is 5.73 Å². The number of rotatable bonds is 12. The van der Waals surface area contributed by atoms with Crippen molar-refractivity contribution in [2.75, 3.05) is 33.2 Å². The van der Waals surface area contributed by atoms with Crippen LogP contribution in [-0.4, -0.2) is 59.5 Å². The summed E-state index contributed by atoms with van der Waals surface area (Å²) in [4.78, 5) is 4.91. The summed E-state index contributed by atoms with van der Waals surface area (Å²) in [6.45, 7) is 10.8. The molecule has 0 radical (unpaired) electrons. The molecule has 10 heteroatoms. The third-order valence-electron chi connectivity index (χ3n) is 8.87. The summed E-state index contributed by atoms with van der Waals surface area (Å²) >= 11 is 6.39. The van der Waals surface area contributed by atoms with E-state index >= 15 is 0 Å². The zero-order valence-corrected chi connectivity index (χ0v) is 27.0. The molecular weight excluding hydrogens is 599 g/mol. The fourth-order valence-corrected chi connectivity index (χ4v) is 6.28. The highest BCUT2D eigenvalue weighted by atomic mass is 35.5. The largest absolute Gasteiger partial charge is 0.573 e. The molecule has 1 aliphatic heterocycles. The quantitative estimate of drug-likeness (QED) is 0.169. The van der Waals surface area contributed by atoms with Crippen LogP contribution >= 0.6 is 11.6 Å². The first-order chi connectivity index (χ1) is 21.4. The van der Waals surface area contributed by atoms with Crippen LogP contribution in [0.15, 0.2) is 66.9 Å².